The molecule has 3 nitrogen and oxygen atoms in total. The number of nitrogens with one attached hydrogen (secondary N) is 1. The standard InChI is InChI=1S/C17H33N3/c1-20(2)17(13-9-5-6-10-14-17)16(19-18)15-11-7-3-4-8-12-15/h11,16,19H,3-10,12-14,18H2,1-2H3. The second kappa shape index (κ2) is 7.58. The lowest BCUT2D eigenvalue weighted by Crippen LogP contribution is -2.61. The molecule has 0 aromatic carbocycles. The van der Waals surface area contributed by atoms with Crippen LogP contribution in [0.3, 0.4) is 0 Å². The molecule has 20 heavy (non-hydrogen) atoms. The largest absolute Gasteiger partial charge is 0.302 e. The van der Waals surface area contributed by atoms with Gasteiger partial charge in [-0.15, -0.1) is 0 Å². The summed E-state index contributed by atoms with van der Waals surface area (Å²) >= 11 is 0. The number of nitrogens with two attached hydrogens (primary N) is 1. The molecule has 1 unspecified atom stereocenters. The normalized spacial score (nSPS) is 25.7. The minimum absolute atomic E-state index is 0.210. The highest BCUT2D eigenvalue weighted by Gasteiger charge is 2.42. The first kappa shape index (κ1) is 16.0. The summed E-state index contributed by atoms with van der Waals surface area (Å²) in [4.78, 5) is 2.45. The van der Waals surface area contributed by atoms with E-state index in [1.54, 1.807) is 5.57 Å². The highest BCUT2D eigenvalue weighted by molar-refractivity contribution is 5.20. The van der Waals surface area contributed by atoms with Crippen LogP contribution in [-0.4, -0.2) is 30.6 Å². The van der Waals surface area contributed by atoms with Crippen LogP contribution in [0, 0.1) is 0 Å². The number of hydrogen-bond acceptors (Lipinski definition) is 3. The van der Waals surface area contributed by atoms with Crippen LogP contribution in [0.1, 0.15) is 70.6 Å². The van der Waals surface area contributed by atoms with Gasteiger partial charge in [-0.05, 0) is 52.6 Å². The Bertz CT molecular complexity index is 314. The fourth-order valence-corrected chi connectivity index (χ4v) is 4.24. The number of likely N-dealkylation sites (N-methyl/N-ethyl adjacent to an activating group) is 1. The summed E-state index contributed by atoms with van der Waals surface area (Å²) in [5.41, 5.74) is 4.99. The second-order valence-corrected chi connectivity index (χ2v) is 6.89. The van der Waals surface area contributed by atoms with E-state index in [4.69, 9.17) is 5.84 Å². The van der Waals surface area contributed by atoms with E-state index in [0.29, 0.717) is 6.04 Å². The third-order valence-electron chi connectivity index (χ3n) is 5.51. The van der Waals surface area contributed by atoms with Gasteiger partial charge in [-0.3, -0.25) is 11.3 Å². The average molecular weight is 279 g/mol. The van der Waals surface area contributed by atoms with E-state index in [9.17, 15) is 0 Å². The van der Waals surface area contributed by atoms with Crippen LogP contribution < -0.4 is 11.3 Å². The second-order valence-electron chi connectivity index (χ2n) is 6.89. The van der Waals surface area contributed by atoms with Gasteiger partial charge in [0.25, 0.3) is 0 Å². The molecule has 0 aliphatic heterocycles. The zero-order valence-electron chi connectivity index (χ0n) is 13.5. The molecular weight excluding hydrogens is 246 g/mol. The average Bonchev–Trinajstić information content (AvgIpc) is 2.83. The summed E-state index contributed by atoms with van der Waals surface area (Å²) in [7, 11) is 4.49. The first-order valence-electron chi connectivity index (χ1n) is 8.53. The van der Waals surface area contributed by atoms with Crippen molar-refractivity contribution in [1.82, 2.24) is 10.3 Å². The SMILES string of the molecule is CN(C)C1(C(NN)C2=CCCCCC2)CCCCCC1. The summed E-state index contributed by atoms with van der Waals surface area (Å²) in [6, 6.07) is 0.327. The van der Waals surface area contributed by atoms with Crippen LogP contribution in [0.15, 0.2) is 11.6 Å². The van der Waals surface area contributed by atoms with Gasteiger partial charge in [-0.25, -0.2) is 0 Å². The van der Waals surface area contributed by atoms with Crippen molar-refractivity contribution < 1.29 is 0 Å². The van der Waals surface area contributed by atoms with E-state index in [1.165, 1.54) is 70.6 Å². The van der Waals surface area contributed by atoms with E-state index in [-0.39, 0.29) is 5.54 Å². The van der Waals surface area contributed by atoms with Crippen molar-refractivity contribution in [3.05, 3.63) is 11.6 Å². The summed E-state index contributed by atoms with van der Waals surface area (Å²) in [6.45, 7) is 0. The maximum atomic E-state index is 6.04. The number of hydrogen-bond donors (Lipinski definition) is 2. The van der Waals surface area contributed by atoms with E-state index in [2.05, 4.69) is 30.5 Å². The predicted octanol–water partition coefficient (Wildman–Crippen LogP) is 3.36. The summed E-state index contributed by atoms with van der Waals surface area (Å²) in [5, 5.41) is 0. The van der Waals surface area contributed by atoms with Gasteiger partial charge >= 0.3 is 0 Å². The molecule has 1 fully saturated rings. The van der Waals surface area contributed by atoms with Crippen LogP contribution in [0.2, 0.25) is 0 Å². The molecule has 2 aliphatic carbocycles. The van der Waals surface area contributed by atoms with Gasteiger partial charge in [0.1, 0.15) is 0 Å². The van der Waals surface area contributed by atoms with Crippen molar-refractivity contribution in [1.29, 1.82) is 0 Å². The summed E-state index contributed by atoms with van der Waals surface area (Å²) < 4.78 is 0. The van der Waals surface area contributed by atoms with Gasteiger partial charge in [-0.2, -0.15) is 0 Å². The van der Waals surface area contributed by atoms with Gasteiger partial charge in [0, 0.05) is 5.54 Å². The fourth-order valence-electron chi connectivity index (χ4n) is 4.24. The first-order chi connectivity index (χ1) is 9.70. The molecule has 0 saturated heterocycles. The zero-order valence-corrected chi connectivity index (χ0v) is 13.5. The van der Waals surface area contributed by atoms with Gasteiger partial charge in [0.15, 0.2) is 0 Å². The Morgan fingerprint density at radius 2 is 1.70 bits per heavy atom. The smallest absolute Gasteiger partial charge is 0.0603 e. The summed E-state index contributed by atoms with van der Waals surface area (Å²) in [6.07, 6.45) is 17.0. The van der Waals surface area contributed by atoms with E-state index < -0.39 is 0 Å². The van der Waals surface area contributed by atoms with Gasteiger partial charge in [0.05, 0.1) is 6.04 Å². The molecule has 0 aromatic rings. The van der Waals surface area contributed by atoms with E-state index in [0.717, 1.165) is 0 Å². The fraction of sp³-hybridized carbons (Fsp3) is 0.882. The van der Waals surface area contributed by atoms with Crippen LogP contribution in [0.4, 0.5) is 0 Å². The number of hydrazine groups is 1. The lowest BCUT2D eigenvalue weighted by molar-refractivity contribution is 0.0930. The molecule has 0 heterocycles. The van der Waals surface area contributed by atoms with Gasteiger partial charge in [0.2, 0.25) is 0 Å². The van der Waals surface area contributed by atoms with E-state index >= 15 is 0 Å². The molecule has 116 valence electrons. The molecule has 3 N–H and O–H groups in total. The maximum absolute atomic E-state index is 6.04. The Morgan fingerprint density at radius 3 is 2.30 bits per heavy atom. The molecule has 0 aromatic heterocycles. The van der Waals surface area contributed by atoms with Crippen LogP contribution in [0.5, 0.6) is 0 Å². The Labute approximate surface area is 124 Å². The predicted molar refractivity (Wildman–Crippen MR) is 86.4 cm³/mol. The van der Waals surface area contributed by atoms with Crippen molar-refractivity contribution in [2.75, 3.05) is 14.1 Å². The minimum Gasteiger partial charge on any atom is -0.302 e. The van der Waals surface area contributed by atoms with Crippen LogP contribution in [-0.2, 0) is 0 Å². The van der Waals surface area contributed by atoms with Crippen molar-refractivity contribution in [2.24, 2.45) is 5.84 Å². The molecule has 2 rings (SSSR count). The third-order valence-corrected chi connectivity index (χ3v) is 5.51. The molecule has 2 aliphatic rings. The Kier molecular flexibility index (Phi) is 6.06. The van der Waals surface area contributed by atoms with Crippen LogP contribution >= 0.6 is 0 Å². The van der Waals surface area contributed by atoms with Crippen molar-refractivity contribution in [3.8, 4) is 0 Å². The van der Waals surface area contributed by atoms with Crippen molar-refractivity contribution in [2.45, 2.75) is 82.2 Å². The Balaban J connectivity index is 2.25. The molecule has 3 heteroatoms. The topological polar surface area (TPSA) is 41.3 Å². The van der Waals surface area contributed by atoms with Crippen molar-refractivity contribution in [3.63, 3.8) is 0 Å². The zero-order chi connectivity index (χ0) is 14.4. The lowest BCUT2D eigenvalue weighted by atomic mass is 9.77. The number of rotatable bonds is 4. The molecule has 0 spiro atoms. The lowest BCUT2D eigenvalue weighted by Gasteiger charge is -2.46. The third kappa shape index (κ3) is 3.44. The Morgan fingerprint density at radius 1 is 1.05 bits per heavy atom. The molecule has 0 amide bonds. The number of nitrogens with zero attached hydrogens (tertiary/aromatic N) is 1. The Hall–Kier alpha value is -0.380. The van der Waals surface area contributed by atoms with Gasteiger partial charge < -0.3 is 4.90 Å². The minimum atomic E-state index is 0.210. The van der Waals surface area contributed by atoms with Gasteiger partial charge in [-0.1, -0.05) is 43.8 Å². The summed E-state index contributed by atoms with van der Waals surface area (Å²) in [5.74, 6) is 6.04. The first-order valence-corrected chi connectivity index (χ1v) is 8.53. The number of allylic oxidation sites excluding steroid dienone is 1. The molecule has 1 atom stereocenters. The monoisotopic (exact) mass is 279 g/mol. The van der Waals surface area contributed by atoms with Crippen molar-refractivity contribution >= 4 is 0 Å². The quantitative estimate of drug-likeness (QED) is 0.359. The molecule has 0 radical (unpaired) electrons. The molecule has 0 bridgehead atoms. The maximum Gasteiger partial charge on any atom is 0.0603 e. The molecular formula is C17H33N3. The highest BCUT2D eigenvalue weighted by atomic mass is 15.3. The van der Waals surface area contributed by atoms with E-state index in [1.807, 2.05) is 0 Å². The van der Waals surface area contributed by atoms with Crippen LogP contribution in [0.25, 0.3) is 0 Å². The highest BCUT2D eigenvalue weighted by Crippen LogP contribution is 2.38. The molecule has 1 saturated carbocycles.